The molecule has 0 amide bonds. The third-order valence-electron chi connectivity index (χ3n) is 7.04. The van der Waals surface area contributed by atoms with Crippen LogP contribution in [0.5, 0.6) is 0 Å². The van der Waals surface area contributed by atoms with Crippen molar-refractivity contribution in [1.29, 1.82) is 0 Å². The average molecular weight is 476 g/mol. The molecule has 2 heterocycles. The molecule has 1 saturated carbocycles. The van der Waals surface area contributed by atoms with Gasteiger partial charge in [0, 0.05) is 18.1 Å². The minimum absolute atomic E-state index is 0.0890. The van der Waals surface area contributed by atoms with Crippen molar-refractivity contribution in [1.82, 2.24) is 10.6 Å². The van der Waals surface area contributed by atoms with Crippen LogP contribution in [0.1, 0.15) is 33.1 Å². The zero-order valence-corrected chi connectivity index (χ0v) is 19.8. The number of hydrogen-bond donors (Lipinski definition) is 7. The Morgan fingerprint density at radius 1 is 1.09 bits per heavy atom. The van der Waals surface area contributed by atoms with E-state index in [4.69, 9.17) is 36.1 Å². The lowest BCUT2D eigenvalue weighted by molar-refractivity contribution is -0.283. The normalized spacial score (nSPS) is 48.0. The Labute approximate surface area is 194 Å². The van der Waals surface area contributed by atoms with Crippen molar-refractivity contribution >= 4 is 5.78 Å². The maximum atomic E-state index is 13.3. The van der Waals surface area contributed by atoms with Crippen molar-refractivity contribution in [3.05, 3.63) is 0 Å². The van der Waals surface area contributed by atoms with Crippen LogP contribution in [0.25, 0.3) is 0 Å². The number of Topliss-reactive ketones (excluding diaryl/α,β-unsaturated/α-hetero) is 1. The maximum absolute atomic E-state index is 13.3. The molecule has 3 rings (SSSR count). The molecule has 2 aliphatic heterocycles. The zero-order chi connectivity index (χ0) is 24.5. The van der Waals surface area contributed by atoms with Crippen molar-refractivity contribution in [2.45, 2.75) is 106 Å². The van der Waals surface area contributed by atoms with E-state index in [1.807, 2.05) is 14.0 Å². The fourth-order valence-corrected chi connectivity index (χ4v) is 4.86. The van der Waals surface area contributed by atoms with E-state index in [0.29, 0.717) is 6.42 Å². The number of aliphatic hydroxyl groups is 2. The quantitative estimate of drug-likeness (QED) is 0.196. The first kappa shape index (κ1) is 26.8. The second-order valence-corrected chi connectivity index (χ2v) is 9.73. The van der Waals surface area contributed by atoms with Gasteiger partial charge in [0.2, 0.25) is 0 Å². The van der Waals surface area contributed by atoms with Gasteiger partial charge in [0.25, 0.3) is 0 Å². The summed E-state index contributed by atoms with van der Waals surface area (Å²) in [6.45, 7) is 3.46. The number of aliphatic hydroxyl groups excluding tert-OH is 1. The number of likely N-dealkylation sites (N-methyl/N-ethyl adjacent to an activating group) is 2. The lowest BCUT2D eigenvalue weighted by atomic mass is 9.85. The van der Waals surface area contributed by atoms with Crippen LogP contribution in [0.4, 0.5) is 0 Å². The van der Waals surface area contributed by atoms with Gasteiger partial charge in [-0.1, -0.05) is 0 Å². The molecule has 1 aliphatic carbocycles. The third-order valence-corrected chi connectivity index (χ3v) is 7.04. The minimum Gasteiger partial charge on any atom is -0.386 e. The van der Waals surface area contributed by atoms with E-state index >= 15 is 0 Å². The summed E-state index contributed by atoms with van der Waals surface area (Å²) in [4.78, 5) is 13.3. The van der Waals surface area contributed by atoms with Crippen LogP contribution < -0.4 is 27.8 Å². The van der Waals surface area contributed by atoms with Crippen LogP contribution in [0.15, 0.2) is 0 Å². The number of carbonyl (C=O) groups excluding carboxylic acids is 1. The lowest BCUT2D eigenvalue weighted by Gasteiger charge is -2.46. The van der Waals surface area contributed by atoms with Crippen LogP contribution in [-0.2, 0) is 23.7 Å². The molecular formula is C21H41N5O7. The van der Waals surface area contributed by atoms with Crippen molar-refractivity contribution in [3.63, 3.8) is 0 Å². The Bertz CT molecular complexity index is 671. The fourth-order valence-electron chi connectivity index (χ4n) is 4.86. The molecule has 192 valence electrons. The Morgan fingerprint density at radius 2 is 1.70 bits per heavy atom. The van der Waals surface area contributed by atoms with Gasteiger partial charge in [-0.25, -0.2) is 0 Å². The monoisotopic (exact) mass is 475 g/mol. The van der Waals surface area contributed by atoms with Gasteiger partial charge in [-0.3, -0.25) is 4.79 Å². The van der Waals surface area contributed by atoms with Gasteiger partial charge in [0.05, 0.1) is 24.8 Å². The van der Waals surface area contributed by atoms with Crippen molar-refractivity contribution in [2.24, 2.45) is 17.2 Å². The standard InChI is InChI=1S/C21H41N5O7/c1-9(25-3)13-6-5-10(22)19(31-13)32-16-11(23)7-12(24)17(14(16)27)33-20-15(28)18(26-4)21(2,29)8-30-20/h9-13,15-20,25-26,28-29H,5-8,22-24H2,1-4H3. The highest BCUT2D eigenvalue weighted by atomic mass is 16.7. The molecule has 0 aromatic rings. The Hall–Kier alpha value is -0.770. The summed E-state index contributed by atoms with van der Waals surface area (Å²) >= 11 is 0. The van der Waals surface area contributed by atoms with Gasteiger partial charge in [-0.15, -0.1) is 0 Å². The molecule has 0 aromatic heterocycles. The smallest absolute Gasteiger partial charge is 0.193 e. The summed E-state index contributed by atoms with van der Waals surface area (Å²) in [5.74, 6) is -0.449. The van der Waals surface area contributed by atoms with Crippen molar-refractivity contribution < 1.29 is 34.0 Å². The first-order valence-corrected chi connectivity index (χ1v) is 11.6. The topological polar surface area (TPSA) is 197 Å². The van der Waals surface area contributed by atoms with E-state index in [-0.39, 0.29) is 25.2 Å². The summed E-state index contributed by atoms with van der Waals surface area (Å²) in [6.07, 6.45) is -3.72. The number of hydrogen-bond acceptors (Lipinski definition) is 12. The SMILES string of the molecule is CNC(C)C1CCC(N)C(OC2C(=O)C(OC3OCC(C)(O)C(NC)C3O)C(N)CC2N)O1. The van der Waals surface area contributed by atoms with Crippen LogP contribution in [0.2, 0.25) is 0 Å². The second-order valence-electron chi connectivity index (χ2n) is 9.73. The average Bonchev–Trinajstić information content (AvgIpc) is 2.76. The van der Waals surface area contributed by atoms with Gasteiger partial charge < -0.3 is 57.0 Å². The minimum atomic E-state index is -1.31. The highest BCUT2D eigenvalue weighted by Gasteiger charge is 2.50. The molecule has 0 spiro atoms. The van der Waals surface area contributed by atoms with Gasteiger partial charge in [-0.2, -0.15) is 0 Å². The highest BCUT2D eigenvalue weighted by molar-refractivity contribution is 5.90. The van der Waals surface area contributed by atoms with E-state index in [1.54, 1.807) is 14.0 Å². The lowest BCUT2D eigenvalue weighted by Crippen LogP contribution is -2.68. The zero-order valence-electron chi connectivity index (χ0n) is 19.8. The van der Waals surface area contributed by atoms with E-state index in [1.165, 1.54) is 0 Å². The van der Waals surface area contributed by atoms with E-state index < -0.39 is 66.4 Å². The Morgan fingerprint density at radius 3 is 2.27 bits per heavy atom. The molecule has 33 heavy (non-hydrogen) atoms. The highest BCUT2D eigenvalue weighted by Crippen LogP contribution is 2.30. The molecule has 3 fully saturated rings. The van der Waals surface area contributed by atoms with Crippen LogP contribution in [0, 0.1) is 0 Å². The number of nitrogens with one attached hydrogen (secondary N) is 2. The van der Waals surface area contributed by atoms with Crippen LogP contribution >= 0.6 is 0 Å². The molecule has 12 unspecified atom stereocenters. The molecule has 0 radical (unpaired) electrons. The molecule has 12 atom stereocenters. The van der Waals surface area contributed by atoms with Crippen LogP contribution in [0.3, 0.4) is 0 Å². The molecule has 0 bridgehead atoms. The van der Waals surface area contributed by atoms with Crippen molar-refractivity contribution in [2.75, 3.05) is 20.7 Å². The number of ether oxygens (including phenoxy) is 4. The van der Waals surface area contributed by atoms with Gasteiger partial charge >= 0.3 is 0 Å². The van der Waals surface area contributed by atoms with E-state index in [9.17, 15) is 15.0 Å². The molecule has 12 nitrogen and oxygen atoms in total. The summed E-state index contributed by atoms with van der Waals surface area (Å²) in [5, 5.41) is 27.1. The Balaban J connectivity index is 1.69. The number of rotatable bonds is 7. The molecule has 0 aromatic carbocycles. The first-order valence-electron chi connectivity index (χ1n) is 11.6. The van der Waals surface area contributed by atoms with Crippen molar-refractivity contribution in [3.8, 4) is 0 Å². The molecule has 2 saturated heterocycles. The largest absolute Gasteiger partial charge is 0.386 e. The molecule has 3 aliphatic rings. The summed E-state index contributed by atoms with van der Waals surface area (Å²) in [6, 6.07) is -2.40. The maximum Gasteiger partial charge on any atom is 0.193 e. The van der Waals surface area contributed by atoms with E-state index in [0.717, 1.165) is 6.42 Å². The summed E-state index contributed by atoms with van der Waals surface area (Å²) in [7, 11) is 3.46. The van der Waals surface area contributed by atoms with Crippen LogP contribution in [-0.4, -0.2) is 110 Å². The summed E-state index contributed by atoms with van der Waals surface area (Å²) in [5.41, 5.74) is 17.3. The first-order chi connectivity index (χ1) is 15.5. The molecule has 10 N–H and O–H groups in total. The number of nitrogens with two attached hydrogens (primary N) is 3. The number of ketones is 1. The van der Waals surface area contributed by atoms with Gasteiger partial charge in [-0.05, 0) is 47.2 Å². The van der Waals surface area contributed by atoms with Gasteiger partial charge in [0.15, 0.2) is 18.4 Å². The molecular weight excluding hydrogens is 434 g/mol. The third kappa shape index (κ3) is 5.73. The Kier molecular flexibility index (Phi) is 8.84. The predicted octanol–water partition coefficient (Wildman–Crippen LogP) is -3.12. The second kappa shape index (κ2) is 10.9. The summed E-state index contributed by atoms with van der Waals surface area (Å²) < 4.78 is 23.4. The predicted molar refractivity (Wildman–Crippen MR) is 119 cm³/mol. The van der Waals surface area contributed by atoms with Gasteiger partial charge in [0.1, 0.15) is 23.9 Å². The van der Waals surface area contributed by atoms with E-state index in [2.05, 4.69) is 10.6 Å². The number of carbonyl (C=O) groups is 1. The fraction of sp³-hybridized carbons (Fsp3) is 0.952. The molecule has 12 heteroatoms.